The van der Waals surface area contributed by atoms with Crippen LogP contribution < -0.4 is 5.32 Å². The molecule has 6 heteroatoms. The highest BCUT2D eigenvalue weighted by Crippen LogP contribution is 2.34. The van der Waals surface area contributed by atoms with E-state index < -0.39 is 17.6 Å². The van der Waals surface area contributed by atoms with E-state index in [2.05, 4.69) is 5.32 Å². The van der Waals surface area contributed by atoms with Crippen molar-refractivity contribution in [2.24, 2.45) is 0 Å². The van der Waals surface area contributed by atoms with Crippen molar-refractivity contribution in [1.82, 2.24) is 0 Å². The van der Waals surface area contributed by atoms with E-state index in [0.29, 0.717) is 12.8 Å². The van der Waals surface area contributed by atoms with Gasteiger partial charge < -0.3 is 10.4 Å². The lowest BCUT2D eigenvalue weighted by Gasteiger charge is -2.13. The summed E-state index contributed by atoms with van der Waals surface area (Å²) >= 11 is 0. The molecule has 0 aliphatic carbocycles. The molecule has 0 unspecified atom stereocenters. The van der Waals surface area contributed by atoms with Gasteiger partial charge in [0.05, 0.1) is 11.3 Å². The van der Waals surface area contributed by atoms with E-state index in [1.54, 1.807) is 0 Å². The third-order valence-corrected chi connectivity index (χ3v) is 2.32. The Bertz CT molecular complexity index is 405. The second-order valence-corrected chi connectivity index (χ2v) is 3.77. The molecule has 0 aliphatic heterocycles. The van der Waals surface area contributed by atoms with Crippen LogP contribution in [0.5, 0.6) is 0 Å². The maximum Gasteiger partial charge on any atom is 0.418 e. The molecular formula is C12H14F3NO2. The number of alkyl halides is 3. The minimum absolute atomic E-state index is 0.0353. The monoisotopic (exact) mass is 261 g/mol. The second kappa shape index (κ2) is 6.39. The van der Waals surface area contributed by atoms with E-state index >= 15 is 0 Å². The van der Waals surface area contributed by atoms with Crippen molar-refractivity contribution >= 4 is 11.6 Å². The molecule has 1 rings (SSSR count). The summed E-state index contributed by atoms with van der Waals surface area (Å²) in [6.07, 6.45) is -3.51. The van der Waals surface area contributed by atoms with Crippen LogP contribution in [0.15, 0.2) is 24.3 Å². The SMILES string of the molecule is O=C(CCCCO)Nc1ccccc1C(F)(F)F. The number of hydrogen-bond donors (Lipinski definition) is 2. The smallest absolute Gasteiger partial charge is 0.396 e. The van der Waals surface area contributed by atoms with Crippen LogP contribution in [0.3, 0.4) is 0 Å². The van der Waals surface area contributed by atoms with Gasteiger partial charge in [0.2, 0.25) is 5.91 Å². The number of amides is 1. The van der Waals surface area contributed by atoms with Crippen LogP contribution in [0.25, 0.3) is 0 Å². The van der Waals surface area contributed by atoms with E-state index in [0.717, 1.165) is 6.07 Å². The fourth-order valence-electron chi connectivity index (χ4n) is 1.45. The average Bonchev–Trinajstić information content (AvgIpc) is 2.28. The molecule has 0 atom stereocenters. The van der Waals surface area contributed by atoms with Crippen molar-refractivity contribution < 1.29 is 23.1 Å². The molecule has 100 valence electrons. The molecule has 0 radical (unpaired) electrons. The highest BCUT2D eigenvalue weighted by Gasteiger charge is 2.33. The summed E-state index contributed by atoms with van der Waals surface area (Å²) in [5.41, 5.74) is -1.10. The third-order valence-electron chi connectivity index (χ3n) is 2.32. The Hall–Kier alpha value is -1.56. The number of carbonyl (C=O) groups excluding carboxylic acids is 1. The Balaban J connectivity index is 2.70. The zero-order valence-electron chi connectivity index (χ0n) is 9.63. The summed E-state index contributed by atoms with van der Waals surface area (Å²) in [5.74, 6) is -0.486. The van der Waals surface area contributed by atoms with Gasteiger partial charge in [0.25, 0.3) is 0 Å². The highest BCUT2D eigenvalue weighted by molar-refractivity contribution is 5.91. The van der Waals surface area contributed by atoms with Crippen LogP contribution in [0, 0.1) is 0 Å². The third kappa shape index (κ3) is 4.37. The molecule has 0 fully saturated rings. The van der Waals surface area contributed by atoms with Gasteiger partial charge in [-0.25, -0.2) is 0 Å². The normalized spacial score (nSPS) is 11.3. The van der Waals surface area contributed by atoms with Crippen LogP contribution in [-0.2, 0) is 11.0 Å². The Morgan fingerprint density at radius 2 is 1.89 bits per heavy atom. The maximum absolute atomic E-state index is 12.6. The molecular weight excluding hydrogens is 247 g/mol. The zero-order chi connectivity index (χ0) is 13.6. The number of aliphatic hydroxyl groups excluding tert-OH is 1. The summed E-state index contributed by atoms with van der Waals surface area (Å²) in [6.45, 7) is -0.0353. The molecule has 0 aromatic heterocycles. The molecule has 0 spiro atoms. The molecule has 1 aromatic rings. The Morgan fingerprint density at radius 3 is 2.50 bits per heavy atom. The lowest BCUT2D eigenvalue weighted by Crippen LogP contribution is -2.16. The topological polar surface area (TPSA) is 49.3 Å². The number of anilines is 1. The highest BCUT2D eigenvalue weighted by atomic mass is 19.4. The predicted octanol–water partition coefficient (Wildman–Crippen LogP) is 2.81. The fourth-order valence-corrected chi connectivity index (χ4v) is 1.45. The first kappa shape index (κ1) is 14.5. The molecule has 0 saturated carbocycles. The van der Waals surface area contributed by atoms with Crippen LogP contribution in [0.4, 0.5) is 18.9 Å². The first-order chi connectivity index (χ1) is 8.45. The number of hydrogen-bond acceptors (Lipinski definition) is 2. The Morgan fingerprint density at radius 1 is 1.22 bits per heavy atom. The lowest BCUT2D eigenvalue weighted by atomic mass is 10.1. The molecule has 0 heterocycles. The molecule has 2 N–H and O–H groups in total. The van der Waals surface area contributed by atoms with Crippen LogP contribution in [0.1, 0.15) is 24.8 Å². The molecule has 18 heavy (non-hydrogen) atoms. The zero-order valence-corrected chi connectivity index (χ0v) is 9.63. The van der Waals surface area contributed by atoms with E-state index in [-0.39, 0.29) is 18.7 Å². The summed E-state index contributed by atoms with van der Waals surface area (Å²) in [7, 11) is 0. The number of para-hydroxylation sites is 1. The number of benzene rings is 1. The standard InChI is InChI=1S/C12H14F3NO2/c13-12(14,15)9-5-1-2-6-10(9)16-11(18)7-3-4-8-17/h1-2,5-6,17H,3-4,7-8H2,(H,16,18). The average molecular weight is 261 g/mol. The van der Waals surface area contributed by atoms with Crippen LogP contribution >= 0.6 is 0 Å². The summed E-state index contributed by atoms with van der Waals surface area (Å²) in [6, 6.07) is 4.83. The van der Waals surface area contributed by atoms with Gasteiger partial charge in [-0.1, -0.05) is 12.1 Å². The van der Waals surface area contributed by atoms with Crippen LogP contribution in [0.2, 0.25) is 0 Å². The summed E-state index contributed by atoms with van der Waals surface area (Å²) < 4.78 is 37.9. The van der Waals surface area contributed by atoms with Crippen molar-refractivity contribution in [3.05, 3.63) is 29.8 Å². The van der Waals surface area contributed by atoms with Crippen molar-refractivity contribution in [3.8, 4) is 0 Å². The van der Waals surface area contributed by atoms with E-state index in [4.69, 9.17) is 5.11 Å². The van der Waals surface area contributed by atoms with Gasteiger partial charge >= 0.3 is 6.18 Å². The molecule has 0 aliphatic rings. The number of halogens is 3. The van der Waals surface area contributed by atoms with Gasteiger partial charge in [-0.05, 0) is 25.0 Å². The lowest BCUT2D eigenvalue weighted by molar-refractivity contribution is -0.137. The van der Waals surface area contributed by atoms with Gasteiger partial charge in [-0.3, -0.25) is 4.79 Å². The molecule has 0 saturated heterocycles. The minimum atomic E-state index is -4.49. The van der Waals surface area contributed by atoms with Gasteiger partial charge in [-0.15, -0.1) is 0 Å². The van der Waals surface area contributed by atoms with E-state index in [1.807, 2.05) is 0 Å². The van der Waals surface area contributed by atoms with Crippen molar-refractivity contribution in [2.75, 3.05) is 11.9 Å². The minimum Gasteiger partial charge on any atom is -0.396 e. The second-order valence-electron chi connectivity index (χ2n) is 3.77. The number of unbranched alkanes of at least 4 members (excludes halogenated alkanes) is 1. The maximum atomic E-state index is 12.6. The first-order valence-corrected chi connectivity index (χ1v) is 5.52. The number of nitrogens with one attached hydrogen (secondary N) is 1. The predicted molar refractivity (Wildman–Crippen MR) is 61.0 cm³/mol. The Labute approximate surface area is 103 Å². The molecule has 0 bridgehead atoms. The summed E-state index contributed by atoms with van der Waals surface area (Å²) in [5, 5.41) is 10.8. The fraction of sp³-hybridized carbons (Fsp3) is 0.417. The van der Waals surface area contributed by atoms with Crippen molar-refractivity contribution in [3.63, 3.8) is 0 Å². The van der Waals surface area contributed by atoms with Gasteiger partial charge in [0, 0.05) is 13.0 Å². The summed E-state index contributed by atoms with van der Waals surface area (Å²) in [4.78, 5) is 11.4. The van der Waals surface area contributed by atoms with E-state index in [1.165, 1.54) is 18.2 Å². The molecule has 3 nitrogen and oxygen atoms in total. The van der Waals surface area contributed by atoms with Gasteiger partial charge in [0.15, 0.2) is 0 Å². The van der Waals surface area contributed by atoms with E-state index in [9.17, 15) is 18.0 Å². The van der Waals surface area contributed by atoms with Crippen molar-refractivity contribution in [1.29, 1.82) is 0 Å². The number of rotatable bonds is 5. The van der Waals surface area contributed by atoms with Crippen molar-refractivity contribution in [2.45, 2.75) is 25.4 Å². The molecule has 1 amide bonds. The number of carbonyl (C=O) groups is 1. The van der Waals surface area contributed by atoms with Gasteiger partial charge in [0.1, 0.15) is 0 Å². The first-order valence-electron chi connectivity index (χ1n) is 5.52. The quantitative estimate of drug-likeness (QED) is 0.801. The number of aliphatic hydroxyl groups is 1. The van der Waals surface area contributed by atoms with Gasteiger partial charge in [-0.2, -0.15) is 13.2 Å². The molecule has 1 aromatic carbocycles. The largest absolute Gasteiger partial charge is 0.418 e. The van der Waals surface area contributed by atoms with Crippen LogP contribution in [-0.4, -0.2) is 17.6 Å². The Kier molecular flexibility index (Phi) is 5.15.